The van der Waals surface area contributed by atoms with Crippen molar-refractivity contribution in [3.05, 3.63) is 66.0 Å². The largest absolute Gasteiger partial charge is 0.481 e. The molecule has 0 aliphatic carbocycles. The lowest BCUT2D eigenvalue weighted by Gasteiger charge is -2.14. The van der Waals surface area contributed by atoms with Gasteiger partial charge in [-0.2, -0.15) is 0 Å². The van der Waals surface area contributed by atoms with Crippen LogP contribution in [0.2, 0.25) is 0 Å². The van der Waals surface area contributed by atoms with Crippen LogP contribution in [-0.4, -0.2) is 12.0 Å². The van der Waals surface area contributed by atoms with Crippen LogP contribution < -0.4 is 10.1 Å². The zero-order chi connectivity index (χ0) is 14.4. The van der Waals surface area contributed by atoms with Gasteiger partial charge in [0.25, 0.3) is 5.91 Å². The minimum atomic E-state index is -0.635. The van der Waals surface area contributed by atoms with Crippen molar-refractivity contribution in [3.63, 3.8) is 0 Å². The van der Waals surface area contributed by atoms with Gasteiger partial charge in [0.05, 0.1) is 0 Å². The molecule has 4 heteroatoms. The maximum absolute atomic E-state index is 12.8. The average Bonchev–Trinajstić information content (AvgIpc) is 2.48. The highest BCUT2D eigenvalue weighted by Gasteiger charge is 2.14. The smallest absolute Gasteiger partial charge is 0.261 e. The van der Waals surface area contributed by atoms with E-state index in [0.717, 1.165) is 5.56 Å². The van der Waals surface area contributed by atoms with Crippen molar-refractivity contribution in [1.29, 1.82) is 0 Å². The Bertz CT molecular complexity index is 554. The predicted molar refractivity (Wildman–Crippen MR) is 74.8 cm³/mol. The Morgan fingerprint density at radius 1 is 1.15 bits per heavy atom. The van der Waals surface area contributed by atoms with E-state index < -0.39 is 6.10 Å². The lowest BCUT2D eigenvalue weighted by atomic mass is 10.2. The molecule has 2 rings (SSSR count). The van der Waals surface area contributed by atoms with Gasteiger partial charge in [-0.25, -0.2) is 4.39 Å². The third-order valence-corrected chi connectivity index (χ3v) is 2.81. The van der Waals surface area contributed by atoms with Crippen molar-refractivity contribution in [1.82, 2.24) is 5.32 Å². The summed E-state index contributed by atoms with van der Waals surface area (Å²) < 4.78 is 18.2. The van der Waals surface area contributed by atoms with Crippen molar-refractivity contribution in [2.45, 2.75) is 19.6 Å². The molecule has 0 heterocycles. The molecule has 0 bridgehead atoms. The van der Waals surface area contributed by atoms with Gasteiger partial charge >= 0.3 is 0 Å². The molecule has 104 valence electrons. The molecule has 0 saturated heterocycles. The molecular weight excluding hydrogens is 257 g/mol. The summed E-state index contributed by atoms with van der Waals surface area (Å²) >= 11 is 0. The first-order valence-electron chi connectivity index (χ1n) is 6.39. The van der Waals surface area contributed by atoms with Gasteiger partial charge in [-0.3, -0.25) is 4.79 Å². The van der Waals surface area contributed by atoms with Gasteiger partial charge in [-0.05, 0) is 36.8 Å². The van der Waals surface area contributed by atoms with Crippen molar-refractivity contribution in [2.75, 3.05) is 0 Å². The van der Waals surface area contributed by atoms with Crippen LogP contribution in [0.1, 0.15) is 12.5 Å². The van der Waals surface area contributed by atoms with E-state index in [1.54, 1.807) is 6.92 Å². The molecule has 0 unspecified atom stereocenters. The highest BCUT2D eigenvalue weighted by molar-refractivity contribution is 5.80. The lowest BCUT2D eigenvalue weighted by Crippen LogP contribution is -2.35. The minimum absolute atomic E-state index is 0.210. The first kappa shape index (κ1) is 14.1. The molecular formula is C16H16FNO2. The topological polar surface area (TPSA) is 38.3 Å². The van der Waals surface area contributed by atoms with Gasteiger partial charge in [-0.15, -0.1) is 0 Å². The number of hydrogen-bond acceptors (Lipinski definition) is 2. The summed E-state index contributed by atoms with van der Waals surface area (Å²) in [6.45, 7) is 2.11. The number of benzene rings is 2. The Morgan fingerprint density at radius 3 is 2.45 bits per heavy atom. The molecule has 2 aromatic carbocycles. The van der Waals surface area contributed by atoms with E-state index in [1.807, 2.05) is 30.3 Å². The predicted octanol–water partition coefficient (Wildman–Crippen LogP) is 2.91. The summed E-state index contributed by atoms with van der Waals surface area (Å²) in [7, 11) is 0. The zero-order valence-corrected chi connectivity index (χ0v) is 11.2. The van der Waals surface area contributed by atoms with Crippen LogP contribution in [-0.2, 0) is 11.3 Å². The van der Waals surface area contributed by atoms with Crippen molar-refractivity contribution < 1.29 is 13.9 Å². The van der Waals surface area contributed by atoms with Crippen LogP contribution in [0.4, 0.5) is 4.39 Å². The van der Waals surface area contributed by atoms with E-state index in [4.69, 9.17) is 4.74 Å². The molecule has 2 aromatic rings. The number of ether oxygens (including phenoxy) is 1. The quantitative estimate of drug-likeness (QED) is 0.909. The number of halogens is 1. The standard InChI is InChI=1S/C16H16FNO2/c1-12(20-15-9-7-14(17)8-10-15)16(19)18-11-13-5-3-2-4-6-13/h2-10,12H,11H2,1H3,(H,18,19)/t12-/m0/s1. The fraction of sp³-hybridized carbons (Fsp3) is 0.188. The van der Waals surface area contributed by atoms with E-state index in [0.29, 0.717) is 12.3 Å². The van der Waals surface area contributed by atoms with Crippen molar-refractivity contribution in [2.24, 2.45) is 0 Å². The Kier molecular flexibility index (Phi) is 4.71. The summed E-state index contributed by atoms with van der Waals surface area (Å²) in [5.74, 6) is -0.0783. The van der Waals surface area contributed by atoms with Crippen molar-refractivity contribution >= 4 is 5.91 Å². The first-order chi connectivity index (χ1) is 9.65. The van der Waals surface area contributed by atoms with Crippen LogP contribution >= 0.6 is 0 Å². The Balaban J connectivity index is 1.84. The zero-order valence-electron chi connectivity index (χ0n) is 11.2. The second-order valence-corrected chi connectivity index (χ2v) is 4.42. The van der Waals surface area contributed by atoms with Crippen LogP contribution in [0.5, 0.6) is 5.75 Å². The van der Waals surface area contributed by atoms with Gasteiger partial charge in [0.1, 0.15) is 11.6 Å². The van der Waals surface area contributed by atoms with Gasteiger partial charge in [0, 0.05) is 6.54 Å². The van der Waals surface area contributed by atoms with Crippen LogP contribution in [0.15, 0.2) is 54.6 Å². The first-order valence-corrected chi connectivity index (χ1v) is 6.39. The van der Waals surface area contributed by atoms with Gasteiger partial charge in [0.2, 0.25) is 0 Å². The Labute approximate surface area is 117 Å². The molecule has 0 aromatic heterocycles. The summed E-state index contributed by atoms with van der Waals surface area (Å²) in [6, 6.07) is 15.2. The lowest BCUT2D eigenvalue weighted by molar-refractivity contribution is -0.127. The van der Waals surface area contributed by atoms with Crippen molar-refractivity contribution in [3.8, 4) is 5.75 Å². The highest BCUT2D eigenvalue weighted by Crippen LogP contribution is 2.13. The number of amides is 1. The maximum Gasteiger partial charge on any atom is 0.261 e. The molecule has 3 nitrogen and oxygen atoms in total. The third-order valence-electron chi connectivity index (χ3n) is 2.81. The second-order valence-electron chi connectivity index (χ2n) is 4.42. The molecule has 0 aliphatic rings. The summed E-state index contributed by atoms with van der Waals surface area (Å²) in [5, 5.41) is 2.79. The van der Waals surface area contributed by atoms with Gasteiger partial charge < -0.3 is 10.1 Å². The average molecular weight is 273 g/mol. The van der Waals surface area contributed by atoms with E-state index >= 15 is 0 Å². The number of hydrogen-bond donors (Lipinski definition) is 1. The van der Waals surface area contributed by atoms with Crippen LogP contribution in [0.25, 0.3) is 0 Å². The van der Waals surface area contributed by atoms with E-state index in [2.05, 4.69) is 5.32 Å². The second kappa shape index (κ2) is 6.70. The summed E-state index contributed by atoms with van der Waals surface area (Å²) in [5.41, 5.74) is 1.02. The SMILES string of the molecule is C[C@H](Oc1ccc(F)cc1)C(=O)NCc1ccccc1. The van der Waals surface area contributed by atoms with Crippen LogP contribution in [0.3, 0.4) is 0 Å². The van der Waals surface area contributed by atoms with E-state index in [9.17, 15) is 9.18 Å². The molecule has 1 amide bonds. The molecule has 0 aliphatic heterocycles. The molecule has 20 heavy (non-hydrogen) atoms. The molecule has 1 N–H and O–H groups in total. The monoisotopic (exact) mass is 273 g/mol. The Hall–Kier alpha value is -2.36. The number of rotatable bonds is 5. The maximum atomic E-state index is 12.8. The summed E-state index contributed by atoms with van der Waals surface area (Å²) in [6.07, 6.45) is -0.635. The molecule has 0 spiro atoms. The third kappa shape index (κ3) is 4.09. The van der Waals surface area contributed by atoms with Crippen LogP contribution in [0, 0.1) is 5.82 Å². The molecule has 0 saturated carbocycles. The molecule has 0 radical (unpaired) electrons. The fourth-order valence-electron chi connectivity index (χ4n) is 1.70. The Morgan fingerprint density at radius 2 is 1.80 bits per heavy atom. The summed E-state index contributed by atoms with van der Waals surface area (Å²) in [4.78, 5) is 11.9. The number of carbonyl (C=O) groups excluding carboxylic acids is 1. The molecule has 0 fully saturated rings. The number of nitrogens with one attached hydrogen (secondary N) is 1. The fourth-order valence-corrected chi connectivity index (χ4v) is 1.70. The number of carbonyl (C=O) groups is 1. The highest BCUT2D eigenvalue weighted by atomic mass is 19.1. The minimum Gasteiger partial charge on any atom is -0.481 e. The molecule has 1 atom stereocenters. The van der Waals surface area contributed by atoms with Gasteiger partial charge in [-0.1, -0.05) is 30.3 Å². The normalized spacial score (nSPS) is 11.7. The van der Waals surface area contributed by atoms with E-state index in [-0.39, 0.29) is 11.7 Å². The van der Waals surface area contributed by atoms with Gasteiger partial charge in [0.15, 0.2) is 6.10 Å². The van der Waals surface area contributed by atoms with E-state index in [1.165, 1.54) is 24.3 Å².